The maximum atomic E-state index is 12.6. The molecular formula is C15H19NO2. The number of benzene rings is 1. The predicted molar refractivity (Wildman–Crippen MR) is 69.7 cm³/mol. The van der Waals surface area contributed by atoms with Crippen LogP contribution in [0.15, 0.2) is 24.3 Å². The Balaban J connectivity index is 1.93. The highest BCUT2D eigenvalue weighted by Crippen LogP contribution is 2.39. The average molecular weight is 245 g/mol. The van der Waals surface area contributed by atoms with Crippen LogP contribution in [0.2, 0.25) is 0 Å². The summed E-state index contributed by atoms with van der Waals surface area (Å²) in [7, 11) is 0. The van der Waals surface area contributed by atoms with Gasteiger partial charge in [-0.15, -0.1) is 0 Å². The molecule has 3 heteroatoms. The molecule has 3 nitrogen and oxygen atoms in total. The Morgan fingerprint density at radius 1 is 1.33 bits per heavy atom. The molecule has 1 aliphatic carbocycles. The van der Waals surface area contributed by atoms with E-state index in [1.54, 1.807) is 0 Å². The molecular weight excluding hydrogens is 226 g/mol. The maximum Gasteiger partial charge on any atom is 0.185 e. The summed E-state index contributed by atoms with van der Waals surface area (Å²) in [5.41, 5.74) is 7.38. The Morgan fingerprint density at radius 2 is 2.11 bits per heavy atom. The van der Waals surface area contributed by atoms with E-state index < -0.39 is 5.54 Å². The van der Waals surface area contributed by atoms with Gasteiger partial charge in [-0.3, -0.25) is 4.79 Å². The minimum atomic E-state index is -0.806. The monoisotopic (exact) mass is 245 g/mol. The van der Waals surface area contributed by atoms with Crippen molar-refractivity contribution in [3.8, 4) is 0 Å². The first-order valence-electron chi connectivity index (χ1n) is 6.71. The molecule has 0 amide bonds. The highest BCUT2D eigenvalue weighted by Gasteiger charge is 2.40. The third kappa shape index (κ3) is 1.88. The van der Waals surface area contributed by atoms with E-state index in [2.05, 4.69) is 6.07 Å². The number of ether oxygens (including phenoxy) is 1. The fourth-order valence-corrected chi connectivity index (χ4v) is 2.81. The first-order valence-corrected chi connectivity index (χ1v) is 6.71. The van der Waals surface area contributed by atoms with Gasteiger partial charge in [0.25, 0.3) is 0 Å². The first-order chi connectivity index (χ1) is 8.71. The first kappa shape index (κ1) is 11.9. The van der Waals surface area contributed by atoms with Crippen molar-refractivity contribution in [2.75, 3.05) is 13.2 Å². The Bertz CT molecular complexity index is 459. The molecule has 1 saturated heterocycles. The zero-order valence-corrected chi connectivity index (χ0v) is 10.5. The quantitative estimate of drug-likeness (QED) is 0.831. The van der Waals surface area contributed by atoms with E-state index in [0.29, 0.717) is 25.6 Å². The molecule has 0 spiro atoms. The average Bonchev–Trinajstić information content (AvgIpc) is 2.75. The molecule has 1 aliphatic heterocycles. The van der Waals surface area contributed by atoms with Crippen LogP contribution in [0.5, 0.6) is 0 Å². The molecule has 1 atom stereocenters. The molecule has 0 radical (unpaired) electrons. The normalized spacial score (nSPS) is 28.1. The molecule has 1 saturated carbocycles. The third-order valence-electron chi connectivity index (χ3n) is 4.25. The molecule has 1 aromatic rings. The summed E-state index contributed by atoms with van der Waals surface area (Å²) in [6, 6.07) is 7.94. The Kier molecular flexibility index (Phi) is 2.96. The van der Waals surface area contributed by atoms with Crippen LogP contribution < -0.4 is 5.73 Å². The van der Waals surface area contributed by atoms with Gasteiger partial charge in [0.05, 0.1) is 6.61 Å². The molecule has 1 heterocycles. The van der Waals surface area contributed by atoms with Crippen molar-refractivity contribution >= 4 is 5.78 Å². The summed E-state index contributed by atoms with van der Waals surface area (Å²) >= 11 is 0. The van der Waals surface area contributed by atoms with Crippen LogP contribution in [0.4, 0.5) is 0 Å². The van der Waals surface area contributed by atoms with Gasteiger partial charge in [0.1, 0.15) is 5.54 Å². The summed E-state index contributed by atoms with van der Waals surface area (Å²) in [5.74, 6) is 0.610. The van der Waals surface area contributed by atoms with Crippen LogP contribution >= 0.6 is 0 Å². The second-order valence-electron chi connectivity index (χ2n) is 5.50. The lowest BCUT2D eigenvalue weighted by molar-refractivity contribution is 0.0861. The Morgan fingerprint density at radius 3 is 2.72 bits per heavy atom. The van der Waals surface area contributed by atoms with E-state index in [1.807, 2.05) is 18.2 Å². The topological polar surface area (TPSA) is 52.3 Å². The van der Waals surface area contributed by atoms with E-state index in [0.717, 1.165) is 5.56 Å². The van der Waals surface area contributed by atoms with Crippen LogP contribution in [-0.2, 0) is 4.74 Å². The lowest BCUT2D eigenvalue weighted by atomic mass is 9.76. The molecule has 3 rings (SSSR count). The largest absolute Gasteiger partial charge is 0.379 e. The van der Waals surface area contributed by atoms with E-state index >= 15 is 0 Å². The van der Waals surface area contributed by atoms with Gasteiger partial charge < -0.3 is 10.5 Å². The second kappa shape index (κ2) is 4.48. The second-order valence-corrected chi connectivity index (χ2v) is 5.50. The highest BCUT2D eigenvalue weighted by atomic mass is 16.5. The van der Waals surface area contributed by atoms with E-state index in [4.69, 9.17) is 10.5 Å². The Labute approximate surface area is 107 Å². The molecule has 0 aromatic heterocycles. The summed E-state index contributed by atoms with van der Waals surface area (Å²) in [6.07, 6.45) is 4.28. The van der Waals surface area contributed by atoms with Crippen LogP contribution in [0.1, 0.15) is 47.5 Å². The maximum absolute atomic E-state index is 12.6. The molecule has 2 N–H and O–H groups in total. The zero-order chi connectivity index (χ0) is 12.6. The summed E-state index contributed by atoms with van der Waals surface area (Å²) < 4.78 is 5.30. The van der Waals surface area contributed by atoms with Crippen molar-refractivity contribution in [3.63, 3.8) is 0 Å². The van der Waals surface area contributed by atoms with Gasteiger partial charge in [0.2, 0.25) is 0 Å². The third-order valence-corrected chi connectivity index (χ3v) is 4.25. The fraction of sp³-hybridized carbons (Fsp3) is 0.533. The van der Waals surface area contributed by atoms with Gasteiger partial charge >= 0.3 is 0 Å². The lowest BCUT2D eigenvalue weighted by Gasteiger charge is -2.29. The number of nitrogens with two attached hydrogens (primary N) is 1. The number of Topliss-reactive ketones (excluding diaryl/α,β-unsaturated/α-hetero) is 1. The van der Waals surface area contributed by atoms with Gasteiger partial charge in [-0.25, -0.2) is 0 Å². The lowest BCUT2D eigenvalue weighted by Crippen LogP contribution is -2.49. The Hall–Kier alpha value is -1.19. The SMILES string of the molecule is NC1(C(=O)c2ccccc2C2CCC2)CCOC1. The molecule has 2 aliphatic rings. The molecule has 1 unspecified atom stereocenters. The van der Waals surface area contributed by atoms with Crippen molar-refractivity contribution in [2.24, 2.45) is 5.73 Å². The highest BCUT2D eigenvalue weighted by molar-refractivity contribution is 6.04. The van der Waals surface area contributed by atoms with Gasteiger partial charge in [-0.2, -0.15) is 0 Å². The van der Waals surface area contributed by atoms with Crippen molar-refractivity contribution in [2.45, 2.75) is 37.1 Å². The molecule has 96 valence electrons. The van der Waals surface area contributed by atoms with E-state index in [9.17, 15) is 4.79 Å². The number of ketones is 1. The number of carbonyl (C=O) groups excluding carboxylic acids is 1. The summed E-state index contributed by atoms with van der Waals surface area (Å²) in [4.78, 5) is 12.6. The van der Waals surface area contributed by atoms with Crippen LogP contribution in [0.3, 0.4) is 0 Å². The smallest absolute Gasteiger partial charge is 0.185 e. The number of hydrogen-bond donors (Lipinski definition) is 1. The van der Waals surface area contributed by atoms with Gasteiger partial charge in [-0.1, -0.05) is 30.7 Å². The minimum Gasteiger partial charge on any atom is -0.379 e. The molecule has 18 heavy (non-hydrogen) atoms. The number of hydrogen-bond acceptors (Lipinski definition) is 3. The van der Waals surface area contributed by atoms with Crippen LogP contribution in [0, 0.1) is 0 Å². The summed E-state index contributed by atoms with van der Waals surface area (Å²) in [6.45, 7) is 0.943. The van der Waals surface area contributed by atoms with Gasteiger partial charge in [0.15, 0.2) is 5.78 Å². The molecule has 2 fully saturated rings. The van der Waals surface area contributed by atoms with E-state index in [-0.39, 0.29) is 5.78 Å². The molecule has 1 aromatic carbocycles. The van der Waals surface area contributed by atoms with Crippen LogP contribution in [0.25, 0.3) is 0 Å². The van der Waals surface area contributed by atoms with Gasteiger partial charge in [0, 0.05) is 12.2 Å². The van der Waals surface area contributed by atoms with Crippen molar-refractivity contribution < 1.29 is 9.53 Å². The fourth-order valence-electron chi connectivity index (χ4n) is 2.81. The zero-order valence-electron chi connectivity index (χ0n) is 10.5. The van der Waals surface area contributed by atoms with Crippen molar-refractivity contribution in [1.29, 1.82) is 0 Å². The van der Waals surface area contributed by atoms with Crippen LogP contribution in [-0.4, -0.2) is 24.5 Å². The number of carbonyl (C=O) groups is 1. The minimum absolute atomic E-state index is 0.0579. The molecule has 0 bridgehead atoms. The number of rotatable bonds is 3. The predicted octanol–water partition coefficient (Wildman–Crippen LogP) is 2.25. The van der Waals surface area contributed by atoms with Crippen molar-refractivity contribution in [1.82, 2.24) is 0 Å². The standard InChI is InChI=1S/C15H19NO2/c16-15(8-9-18-10-15)14(17)13-7-2-1-6-12(13)11-4-3-5-11/h1-2,6-7,11H,3-5,8-10,16H2. The summed E-state index contributed by atoms with van der Waals surface area (Å²) in [5, 5.41) is 0. The van der Waals surface area contributed by atoms with Crippen molar-refractivity contribution in [3.05, 3.63) is 35.4 Å². The van der Waals surface area contributed by atoms with E-state index in [1.165, 1.54) is 24.8 Å². The van der Waals surface area contributed by atoms with Gasteiger partial charge in [-0.05, 0) is 30.7 Å².